The topological polar surface area (TPSA) is 77.1 Å². The van der Waals surface area contributed by atoms with E-state index in [9.17, 15) is 10.1 Å². The number of nitrogens with zero attached hydrogens (tertiary/aromatic N) is 3. The lowest BCUT2D eigenvalue weighted by atomic mass is 9.86. The number of benzene rings is 1. The summed E-state index contributed by atoms with van der Waals surface area (Å²) in [7, 11) is 0. The van der Waals surface area contributed by atoms with Gasteiger partial charge in [0.15, 0.2) is 5.76 Å². The Hall–Kier alpha value is -3.07. The number of carbonyl (C=O) groups is 1. The molecule has 32 heavy (non-hydrogen) atoms. The Morgan fingerprint density at radius 1 is 1.12 bits per heavy atom. The zero-order valence-electron chi connectivity index (χ0n) is 20.7. The van der Waals surface area contributed by atoms with E-state index < -0.39 is 6.29 Å². The lowest BCUT2D eigenvalue weighted by Crippen LogP contribution is -2.22. The lowest BCUT2D eigenvalue weighted by Gasteiger charge is -2.22. The molecular formula is C26H35N3O3. The molecule has 6 heteroatoms. The van der Waals surface area contributed by atoms with E-state index in [0.29, 0.717) is 23.6 Å². The first-order chi connectivity index (χ1) is 14.9. The summed E-state index contributed by atoms with van der Waals surface area (Å²) in [5.41, 5.74) is 4.77. The van der Waals surface area contributed by atoms with Gasteiger partial charge in [-0.05, 0) is 37.3 Å². The van der Waals surface area contributed by atoms with Crippen molar-refractivity contribution in [3.63, 3.8) is 0 Å². The molecule has 2 rings (SSSR count). The third-order valence-corrected chi connectivity index (χ3v) is 5.36. The molecule has 0 fully saturated rings. The van der Waals surface area contributed by atoms with Crippen LogP contribution in [0, 0.1) is 31.1 Å². The highest BCUT2D eigenvalue weighted by Gasteiger charge is 2.25. The monoisotopic (exact) mass is 437 g/mol. The smallest absolute Gasteiger partial charge is 0.311 e. The van der Waals surface area contributed by atoms with Gasteiger partial charge in [-0.1, -0.05) is 58.9 Å². The van der Waals surface area contributed by atoms with Gasteiger partial charge in [0.05, 0.1) is 11.6 Å². The number of ether oxygens (including phenoxy) is 2. The first-order valence-electron chi connectivity index (χ1n) is 11.1. The van der Waals surface area contributed by atoms with E-state index >= 15 is 0 Å². The third-order valence-electron chi connectivity index (χ3n) is 5.36. The number of aromatic nitrogens is 2. The van der Waals surface area contributed by atoms with Crippen LogP contribution in [0.4, 0.5) is 0 Å². The Kier molecular flexibility index (Phi) is 7.90. The SMILES string of the molecule is CCn1nc(C)c(C)c1/C(OC(C)OC(=O)C(C)C)=C(\C#N)c1ccc(C(C)(C)C)cc1. The molecule has 1 aromatic carbocycles. The number of hydrogen-bond acceptors (Lipinski definition) is 5. The number of esters is 1. The Labute approximate surface area is 191 Å². The van der Waals surface area contributed by atoms with Crippen molar-refractivity contribution < 1.29 is 14.3 Å². The van der Waals surface area contributed by atoms with Gasteiger partial charge in [0, 0.05) is 19.0 Å². The minimum absolute atomic E-state index is 0.00245. The van der Waals surface area contributed by atoms with Crippen molar-refractivity contribution in [3.8, 4) is 6.07 Å². The van der Waals surface area contributed by atoms with Crippen LogP contribution in [0.15, 0.2) is 24.3 Å². The fraction of sp³-hybridized carbons (Fsp3) is 0.500. The molecule has 6 nitrogen and oxygen atoms in total. The fourth-order valence-electron chi connectivity index (χ4n) is 3.29. The van der Waals surface area contributed by atoms with Gasteiger partial charge in [0.25, 0.3) is 0 Å². The quantitative estimate of drug-likeness (QED) is 0.238. The zero-order chi connectivity index (χ0) is 24.2. The van der Waals surface area contributed by atoms with E-state index in [-0.39, 0.29) is 17.3 Å². The molecular weight excluding hydrogens is 402 g/mol. The summed E-state index contributed by atoms with van der Waals surface area (Å²) in [6.07, 6.45) is -0.864. The summed E-state index contributed by atoms with van der Waals surface area (Å²) in [5, 5.41) is 14.7. The van der Waals surface area contributed by atoms with E-state index in [1.165, 1.54) is 5.56 Å². The molecule has 0 aliphatic rings. The van der Waals surface area contributed by atoms with Crippen molar-refractivity contribution >= 4 is 17.3 Å². The van der Waals surface area contributed by atoms with Crippen LogP contribution >= 0.6 is 0 Å². The minimum atomic E-state index is -0.864. The average molecular weight is 438 g/mol. The van der Waals surface area contributed by atoms with Gasteiger partial charge in [-0.2, -0.15) is 10.4 Å². The van der Waals surface area contributed by atoms with Crippen LogP contribution in [-0.4, -0.2) is 22.0 Å². The molecule has 172 valence electrons. The van der Waals surface area contributed by atoms with Crippen LogP contribution in [-0.2, 0) is 26.2 Å². The second-order valence-electron chi connectivity index (χ2n) is 9.30. The van der Waals surface area contributed by atoms with Crippen molar-refractivity contribution in [2.75, 3.05) is 0 Å². The predicted molar refractivity (Wildman–Crippen MR) is 126 cm³/mol. The number of rotatable bonds is 7. The molecule has 0 amide bonds. The van der Waals surface area contributed by atoms with Crippen LogP contribution in [0.1, 0.15) is 76.5 Å². The van der Waals surface area contributed by atoms with Crippen molar-refractivity contribution in [2.24, 2.45) is 5.92 Å². The first-order valence-corrected chi connectivity index (χ1v) is 11.1. The van der Waals surface area contributed by atoms with Crippen molar-refractivity contribution in [1.82, 2.24) is 9.78 Å². The van der Waals surface area contributed by atoms with Gasteiger partial charge < -0.3 is 9.47 Å². The molecule has 0 aliphatic carbocycles. The maximum Gasteiger partial charge on any atom is 0.311 e. The van der Waals surface area contributed by atoms with Gasteiger partial charge in [-0.15, -0.1) is 0 Å². The molecule has 1 aromatic heterocycles. The number of nitriles is 1. The van der Waals surface area contributed by atoms with Crippen LogP contribution in [0.25, 0.3) is 11.3 Å². The molecule has 0 spiro atoms. The number of allylic oxidation sites excluding steroid dienone is 1. The molecule has 0 saturated carbocycles. The van der Waals surface area contributed by atoms with E-state index in [4.69, 9.17) is 9.47 Å². The van der Waals surface area contributed by atoms with Gasteiger partial charge >= 0.3 is 5.97 Å². The maximum absolute atomic E-state index is 12.1. The Bertz CT molecular complexity index is 1030. The van der Waals surface area contributed by atoms with Crippen molar-refractivity contribution in [2.45, 2.75) is 80.6 Å². The fourth-order valence-corrected chi connectivity index (χ4v) is 3.29. The number of carbonyl (C=O) groups excluding carboxylic acids is 1. The molecule has 1 heterocycles. The normalized spacial score (nSPS) is 13.4. The van der Waals surface area contributed by atoms with Crippen molar-refractivity contribution in [1.29, 1.82) is 5.26 Å². The average Bonchev–Trinajstić information content (AvgIpc) is 3.01. The third kappa shape index (κ3) is 5.59. The van der Waals surface area contributed by atoms with E-state index in [1.807, 2.05) is 49.7 Å². The molecule has 1 unspecified atom stereocenters. The molecule has 0 N–H and O–H groups in total. The second-order valence-corrected chi connectivity index (χ2v) is 9.30. The lowest BCUT2D eigenvalue weighted by molar-refractivity contribution is -0.167. The number of aryl methyl sites for hydroxylation is 2. The molecule has 1 atom stereocenters. The summed E-state index contributed by atoms with van der Waals surface area (Å²) in [4.78, 5) is 12.1. The van der Waals surface area contributed by atoms with Gasteiger partial charge in [0.1, 0.15) is 17.3 Å². The highest BCUT2D eigenvalue weighted by atomic mass is 16.7. The summed E-state index contributed by atoms with van der Waals surface area (Å²) >= 11 is 0. The first kappa shape index (κ1) is 25.2. The summed E-state index contributed by atoms with van der Waals surface area (Å²) in [6.45, 7) is 18.1. The summed E-state index contributed by atoms with van der Waals surface area (Å²) in [5.74, 6) is -0.277. The Morgan fingerprint density at radius 2 is 1.72 bits per heavy atom. The van der Waals surface area contributed by atoms with Crippen molar-refractivity contribution in [3.05, 3.63) is 52.3 Å². The maximum atomic E-state index is 12.1. The summed E-state index contributed by atoms with van der Waals surface area (Å²) < 4.78 is 13.4. The van der Waals surface area contributed by atoms with E-state index in [0.717, 1.165) is 16.8 Å². The Balaban J connectivity index is 2.66. The van der Waals surface area contributed by atoms with Crippen LogP contribution in [0.5, 0.6) is 0 Å². The highest BCUT2D eigenvalue weighted by Crippen LogP contribution is 2.33. The predicted octanol–water partition coefficient (Wildman–Crippen LogP) is 5.77. The molecule has 0 aliphatic heterocycles. The number of hydrogen-bond donors (Lipinski definition) is 0. The summed E-state index contributed by atoms with van der Waals surface area (Å²) in [6, 6.07) is 10.2. The molecule has 0 saturated heterocycles. The van der Waals surface area contributed by atoms with Gasteiger partial charge in [-0.3, -0.25) is 9.48 Å². The largest absolute Gasteiger partial charge is 0.451 e. The van der Waals surface area contributed by atoms with Crippen LogP contribution in [0.2, 0.25) is 0 Å². The van der Waals surface area contributed by atoms with E-state index in [1.54, 1.807) is 20.8 Å². The zero-order valence-corrected chi connectivity index (χ0v) is 20.7. The molecule has 2 aromatic rings. The standard InChI is InChI=1S/C26H35N3O3/c1-10-29-23(17(4)18(5)28-29)24(31-19(6)32-25(30)16(2)3)22(15-27)20-11-13-21(14-12-20)26(7,8)9/h11-14,16,19H,10H2,1-9H3/b24-22-. The second kappa shape index (κ2) is 10.0. The molecule has 0 bridgehead atoms. The van der Waals surface area contributed by atoms with Crippen LogP contribution in [0.3, 0.4) is 0 Å². The van der Waals surface area contributed by atoms with Crippen LogP contribution < -0.4 is 0 Å². The Morgan fingerprint density at radius 3 is 2.19 bits per heavy atom. The minimum Gasteiger partial charge on any atom is -0.451 e. The molecule has 0 radical (unpaired) electrons. The highest BCUT2D eigenvalue weighted by molar-refractivity contribution is 5.94. The van der Waals surface area contributed by atoms with Gasteiger partial charge in [0.2, 0.25) is 6.29 Å². The van der Waals surface area contributed by atoms with Gasteiger partial charge in [-0.25, -0.2) is 0 Å². The van der Waals surface area contributed by atoms with E-state index in [2.05, 4.69) is 31.9 Å².